The van der Waals surface area contributed by atoms with Crippen LogP contribution < -0.4 is 0 Å². The van der Waals surface area contributed by atoms with Crippen LogP contribution in [-0.4, -0.2) is 72.3 Å². The van der Waals surface area contributed by atoms with Crippen molar-refractivity contribution in [3.05, 3.63) is 0 Å². The van der Waals surface area contributed by atoms with Crippen LogP contribution in [0.3, 0.4) is 0 Å². The Kier molecular flexibility index (Phi) is 3.21. The van der Waals surface area contributed by atoms with E-state index in [4.69, 9.17) is 5.26 Å². The molecule has 2 saturated heterocycles. The molecule has 6 nitrogen and oxygen atoms in total. The third kappa shape index (κ3) is 2.03. The van der Waals surface area contributed by atoms with Gasteiger partial charge in [-0.15, -0.1) is 0 Å². The standard InChI is InChI=1S/C15H22N4O2/c1-17-9-10-18(2)15(13(17)21)5-7-19(8-6-15)12(20)14(11-16)3-4-14/h3-10H2,1-2H3. The lowest BCUT2D eigenvalue weighted by Crippen LogP contribution is -2.67. The van der Waals surface area contributed by atoms with Gasteiger partial charge in [-0.3, -0.25) is 14.5 Å². The minimum Gasteiger partial charge on any atom is -0.343 e. The van der Waals surface area contributed by atoms with Crippen molar-refractivity contribution in [1.82, 2.24) is 14.7 Å². The third-order valence-electron chi connectivity index (χ3n) is 5.50. The zero-order valence-corrected chi connectivity index (χ0v) is 12.8. The number of rotatable bonds is 1. The predicted molar refractivity (Wildman–Crippen MR) is 76.1 cm³/mol. The van der Waals surface area contributed by atoms with E-state index in [1.807, 2.05) is 14.1 Å². The van der Waals surface area contributed by atoms with Gasteiger partial charge >= 0.3 is 0 Å². The Labute approximate surface area is 125 Å². The monoisotopic (exact) mass is 290 g/mol. The molecule has 0 bridgehead atoms. The number of hydrogen-bond acceptors (Lipinski definition) is 4. The highest BCUT2D eigenvalue weighted by Crippen LogP contribution is 2.47. The highest BCUT2D eigenvalue weighted by Gasteiger charge is 2.55. The van der Waals surface area contributed by atoms with Crippen molar-refractivity contribution in [2.24, 2.45) is 5.41 Å². The maximum atomic E-state index is 12.6. The molecule has 0 atom stereocenters. The molecule has 2 amide bonds. The Morgan fingerprint density at radius 2 is 1.71 bits per heavy atom. The number of carbonyl (C=O) groups is 2. The normalized spacial score (nSPS) is 27.6. The molecule has 1 aliphatic carbocycles. The summed E-state index contributed by atoms with van der Waals surface area (Å²) in [7, 11) is 3.85. The average Bonchev–Trinajstić information content (AvgIpc) is 3.30. The molecular formula is C15H22N4O2. The quantitative estimate of drug-likeness (QED) is 0.684. The number of nitriles is 1. The number of nitrogens with zero attached hydrogens (tertiary/aromatic N) is 4. The van der Waals surface area contributed by atoms with Gasteiger partial charge in [0.1, 0.15) is 11.0 Å². The molecule has 0 radical (unpaired) electrons. The molecule has 0 aromatic rings. The van der Waals surface area contributed by atoms with Crippen molar-refractivity contribution in [1.29, 1.82) is 5.26 Å². The van der Waals surface area contributed by atoms with Crippen molar-refractivity contribution in [3.63, 3.8) is 0 Å². The first-order valence-corrected chi connectivity index (χ1v) is 7.63. The lowest BCUT2D eigenvalue weighted by Gasteiger charge is -2.51. The van der Waals surface area contributed by atoms with Gasteiger partial charge in [0.05, 0.1) is 6.07 Å². The summed E-state index contributed by atoms with van der Waals surface area (Å²) in [6.45, 7) is 2.79. The van der Waals surface area contributed by atoms with Gasteiger partial charge < -0.3 is 9.80 Å². The van der Waals surface area contributed by atoms with E-state index >= 15 is 0 Å². The van der Waals surface area contributed by atoms with Crippen LogP contribution in [0.2, 0.25) is 0 Å². The molecule has 0 unspecified atom stereocenters. The van der Waals surface area contributed by atoms with Crippen LogP contribution in [0.1, 0.15) is 25.7 Å². The molecule has 1 saturated carbocycles. The largest absolute Gasteiger partial charge is 0.343 e. The molecule has 1 spiro atoms. The predicted octanol–water partition coefficient (Wildman–Crippen LogP) is 0.0552. The van der Waals surface area contributed by atoms with Crippen LogP contribution in [0.25, 0.3) is 0 Å². The zero-order valence-electron chi connectivity index (χ0n) is 12.8. The number of hydrogen-bond donors (Lipinski definition) is 0. The van der Waals surface area contributed by atoms with Crippen molar-refractivity contribution < 1.29 is 9.59 Å². The number of carbonyl (C=O) groups excluding carboxylic acids is 2. The minimum atomic E-state index is -0.746. The Bertz CT molecular complexity index is 512. The number of likely N-dealkylation sites (N-methyl/N-ethyl adjacent to an activating group) is 2. The molecule has 6 heteroatoms. The minimum absolute atomic E-state index is 0.0286. The number of piperazine rings is 1. The van der Waals surface area contributed by atoms with Crippen LogP contribution in [0.15, 0.2) is 0 Å². The van der Waals surface area contributed by atoms with Gasteiger partial charge in [-0.25, -0.2) is 0 Å². The summed E-state index contributed by atoms with van der Waals surface area (Å²) in [5.74, 6) is 0.142. The smallest absolute Gasteiger partial charge is 0.243 e. The molecule has 21 heavy (non-hydrogen) atoms. The van der Waals surface area contributed by atoms with Gasteiger partial charge in [-0.2, -0.15) is 5.26 Å². The lowest BCUT2D eigenvalue weighted by atomic mass is 9.82. The van der Waals surface area contributed by atoms with E-state index in [2.05, 4.69) is 11.0 Å². The Balaban J connectivity index is 1.71. The summed E-state index contributed by atoms with van der Waals surface area (Å²) in [6, 6.07) is 2.17. The topological polar surface area (TPSA) is 67.7 Å². The first-order valence-electron chi connectivity index (χ1n) is 7.63. The van der Waals surface area contributed by atoms with Crippen molar-refractivity contribution in [2.75, 3.05) is 40.3 Å². The molecule has 2 heterocycles. The Hall–Kier alpha value is -1.61. The maximum absolute atomic E-state index is 12.6. The highest BCUT2D eigenvalue weighted by atomic mass is 16.2. The Morgan fingerprint density at radius 3 is 2.24 bits per heavy atom. The fraction of sp³-hybridized carbons (Fsp3) is 0.800. The summed E-state index contributed by atoms with van der Waals surface area (Å²) in [4.78, 5) is 30.7. The average molecular weight is 290 g/mol. The maximum Gasteiger partial charge on any atom is 0.243 e. The van der Waals surface area contributed by atoms with Gasteiger partial charge in [-0.05, 0) is 32.7 Å². The van der Waals surface area contributed by atoms with Gasteiger partial charge in [0.15, 0.2) is 0 Å². The van der Waals surface area contributed by atoms with E-state index in [0.717, 1.165) is 13.1 Å². The van der Waals surface area contributed by atoms with E-state index in [0.29, 0.717) is 38.8 Å². The molecule has 3 rings (SSSR count). The first-order chi connectivity index (χ1) is 9.95. The number of likely N-dealkylation sites (tertiary alicyclic amines) is 1. The summed E-state index contributed by atoms with van der Waals surface area (Å²) in [5.41, 5.74) is -1.20. The molecule has 3 fully saturated rings. The second-order valence-electron chi connectivity index (χ2n) is 6.67. The van der Waals surface area contributed by atoms with E-state index < -0.39 is 11.0 Å². The van der Waals surface area contributed by atoms with Gasteiger partial charge in [0.25, 0.3) is 0 Å². The van der Waals surface area contributed by atoms with Crippen molar-refractivity contribution in [2.45, 2.75) is 31.2 Å². The van der Waals surface area contributed by atoms with Gasteiger partial charge in [0.2, 0.25) is 11.8 Å². The van der Waals surface area contributed by atoms with E-state index in [1.165, 1.54) is 0 Å². The van der Waals surface area contributed by atoms with E-state index in [9.17, 15) is 9.59 Å². The Morgan fingerprint density at radius 1 is 1.10 bits per heavy atom. The third-order valence-corrected chi connectivity index (χ3v) is 5.50. The SMILES string of the molecule is CN1CCN(C)C2(CCN(C(=O)C3(C#N)CC3)CC2)C1=O. The molecule has 3 aliphatic rings. The zero-order chi connectivity index (χ0) is 15.3. The van der Waals surface area contributed by atoms with Crippen LogP contribution in [-0.2, 0) is 9.59 Å². The molecule has 114 valence electrons. The number of piperidine rings is 1. The summed E-state index contributed by atoms with van der Waals surface area (Å²) in [5, 5.41) is 9.15. The fourth-order valence-corrected chi connectivity index (χ4v) is 3.61. The second kappa shape index (κ2) is 4.70. The lowest BCUT2D eigenvalue weighted by molar-refractivity contribution is -0.155. The van der Waals surface area contributed by atoms with Crippen molar-refractivity contribution >= 4 is 11.8 Å². The molecule has 2 aliphatic heterocycles. The summed E-state index contributed by atoms with van der Waals surface area (Å²) in [6.07, 6.45) is 2.71. The molecule has 0 aromatic carbocycles. The van der Waals surface area contributed by atoms with Crippen LogP contribution in [0.5, 0.6) is 0 Å². The molecule has 0 aromatic heterocycles. The van der Waals surface area contributed by atoms with Crippen LogP contribution in [0.4, 0.5) is 0 Å². The van der Waals surface area contributed by atoms with Gasteiger partial charge in [0, 0.05) is 33.2 Å². The van der Waals surface area contributed by atoms with Crippen LogP contribution >= 0.6 is 0 Å². The molecule has 0 N–H and O–H groups in total. The summed E-state index contributed by atoms with van der Waals surface area (Å²) < 4.78 is 0. The van der Waals surface area contributed by atoms with Crippen molar-refractivity contribution in [3.8, 4) is 6.07 Å². The second-order valence-corrected chi connectivity index (χ2v) is 6.67. The van der Waals surface area contributed by atoms with Crippen LogP contribution in [0, 0.1) is 16.7 Å². The highest BCUT2D eigenvalue weighted by molar-refractivity contribution is 5.90. The number of amides is 2. The van der Waals surface area contributed by atoms with Gasteiger partial charge in [-0.1, -0.05) is 0 Å². The fourth-order valence-electron chi connectivity index (χ4n) is 3.61. The van der Waals surface area contributed by atoms with E-state index in [-0.39, 0.29) is 11.8 Å². The first kappa shape index (κ1) is 14.3. The molecular weight excluding hydrogens is 268 g/mol. The van der Waals surface area contributed by atoms with E-state index in [1.54, 1.807) is 9.80 Å². The summed E-state index contributed by atoms with van der Waals surface area (Å²) >= 11 is 0.